The van der Waals surface area contributed by atoms with Crippen LogP contribution in [0.4, 0.5) is 4.79 Å². The van der Waals surface area contributed by atoms with Crippen LogP contribution < -0.4 is 10.6 Å². The molecule has 0 saturated carbocycles. The van der Waals surface area contributed by atoms with E-state index in [1.165, 1.54) is 6.26 Å². The van der Waals surface area contributed by atoms with E-state index >= 15 is 0 Å². The Morgan fingerprint density at radius 1 is 1.50 bits per heavy atom. The highest BCUT2D eigenvalue weighted by Gasteiger charge is 2.33. The van der Waals surface area contributed by atoms with Crippen LogP contribution in [0.3, 0.4) is 0 Å². The van der Waals surface area contributed by atoms with Gasteiger partial charge in [0.05, 0.1) is 18.4 Å². The van der Waals surface area contributed by atoms with Crippen molar-refractivity contribution in [2.45, 2.75) is 26.8 Å². The van der Waals surface area contributed by atoms with Crippen molar-refractivity contribution in [3.05, 3.63) is 35.4 Å². The van der Waals surface area contributed by atoms with Crippen LogP contribution in [0.5, 0.6) is 0 Å². The number of amides is 2. The lowest BCUT2D eigenvalue weighted by Gasteiger charge is -2.26. The number of carbonyl (C=O) groups excluding carboxylic acids is 2. The minimum absolute atomic E-state index is 0.244. The minimum atomic E-state index is -0.626. The van der Waals surface area contributed by atoms with Gasteiger partial charge in [0.15, 0.2) is 0 Å². The molecule has 1 atom stereocenters. The summed E-state index contributed by atoms with van der Waals surface area (Å²) in [6, 6.07) is 2.41. The number of nitrogens with one attached hydrogen (secondary N) is 2. The first-order valence-electron chi connectivity index (χ1n) is 6.48. The molecule has 0 saturated heterocycles. The summed E-state index contributed by atoms with van der Waals surface area (Å²) >= 11 is 0. The Morgan fingerprint density at radius 2 is 2.25 bits per heavy atom. The van der Waals surface area contributed by atoms with Gasteiger partial charge in [0, 0.05) is 5.70 Å². The molecule has 1 aromatic heterocycles. The second-order valence-corrected chi connectivity index (χ2v) is 5.08. The Morgan fingerprint density at radius 3 is 2.85 bits per heavy atom. The smallest absolute Gasteiger partial charge is 0.338 e. The zero-order valence-electron chi connectivity index (χ0n) is 11.7. The molecule has 1 aromatic rings. The summed E-state index contributed by atoms with van der Waals surface area (Å²) in [6.45, 7) is 5.91. The predicted octanol–water partition coefficient (Wildman–Crippen LogP) is 2.11. The fourth-order valence-corrected chi connectivity index (χ4v) is 1.95. The third-order valence-electron chi connectivity index (χ3n) is 2.86. The van der Waals surface area contributed by atoms with E-state index in [1.54, 1.807) is 19.1 Å². The van der Waals surface area contributed by atoms with E-state index in [1.807, 2.05) is 13.8 Å². The average molecular weight is 278 g/mol. The van der Waals surface area contributed by atoms with E-state index in [-0.39, 0.29) is 11.9 Å². The van der Waals surface area contributed by atoms with Crippen molar-refractivity contribution in [2.24, 2.45) is 5.92 Å². The molecular weight excluding hydrogens is 260 g/mol. The molecule has 0 fully saturated rings. The van der Waals surface area contributed by atoms with Gasteiger partial charge in [-0.3, -0.25) is 0 Å². The lowest BCUT2D eigenvalue weighted by Crippen LogP contribution is -2.45. The molecule has 1 aliphatic rings. The molecule has 6 nitrogen and oxygen atoms in total. The van der Waals surface area contributed by atoms with Crippen molar-refractivity contribution in [1.82, 2.24) is 10.6 Å². The second-order valence-electron chi connectivity index (χ2n) is 5.08. The molecule has 1 aliphatic heterocycles. The Bertz CT molecular complexity index is 531. The summed E-state index contributed by atoms with van der Waals surface area (Å²) in [7, 11) is 0. The van der Waals surface area contributed by atoms with E-state index in [0.717, 1.165) is 0 Å². The molecule has 0 spiro atoms. The first-order chi connectivity index (χ1) is 9.49. The van der Waals surface area contributed by atoms with Gasteiger partial charge in [-0.2, -0.15) is 0 Å². The highest BCUT2D eigenvalue weighted by molar-refractivity contribution is 5.94. The fourth-order valence-electron chi connectivity index (χ4n) is 1.95. The summed E-state index contributed by atoms with van der Waals surface area (Å²) in [5.74, 6) is 0.286. The van der Waals surface area contributed by atoms with Crippen molar-refractivity contribution in [1.29, 1.82) is 0 Å². The van der Waals surface area contributed by atoms with Crippen LogP contribution in [0.25, 0.3) is 0 Å². The van der Waals surface area contributed by atoms with Gasteiger partial charge in [0.1, 0.15) is 11.8 Å². The molecule has 0 unspecified atom stereocenters. The Labute approximate surface area is 117 Å². The van der Waals surface area contributed by atoms with Gasteiger partial charge >= 0.3 is 12.0 Å². The molecule has 0 aromatic carbocycles. The maximum atomic E-state index is 12.2. The average Bonchev–Trinajstić information content (AvgIpc) is 2.88. The fraction of sp³-hybridized carbons (Fsp3) is 0.429. The van der Waals surface area contributed by atoms with Crippen molar-refractivity contribution in [3.63, 3.8) is 0 Å². The molecule has 2 heterocycles. The molecule has 108 valence electrons. The Hall–Kier alpha value is -2.24. The quantitative estimate of drug-likeness (QED) is 0.826. The number of furan rings is 1. The maximum Gasteiger partial charge on any atom is 0.338 e. The number of ether oxygens (including phenoxy) is 1. The van der Waals surface area contributed by atoms with Crippen molar-refractivity contribution in [2.75, 3.05) is 6.61 Å². The molecular formula is C14H18N2O4. The van der Waals surface area contributed by atoms with Crippen molar-refractivity contribution in [3.8, 4) is 0 Å². The van der Waals surface area contributed by atoms with Crippen LogP contribution in [0, 0.1) is 5.92 Å². The molecule has 2 N–H and O–H groups in total. The van der Waals surface area contributed by atoms with Gasteiger partial charge in [-0.05, 0) is 25.0 Å². The molecule has 6 heteroatoms. The van der Waals surface area contributed by atoms with Crippen LogP contribution in [0.15, 0.2) is 34.1 Å². The number of urea groups is 1. The summed E-state index contributed by atoms with van der Waals surface area (Å²) in [4.78, 5) is 23.8. The molecule has 0 bridgehead atoms. The molecule has 2 rings (SSSR count). The highest BCUT2D eigenvalue weighted by Crippen LogP contribution is 2.27. The molecule has 20 heavy (non-hydrogen) atoms. The molecule has 2 amide bonds. The van der Waals surface area contributed by atoms with Crippen LogP contribution in [-0.4, -0.2) is 18.6 Å². The van der Waals surface area contributed by atoms with Gasteiger partial charge in [-0.15, -0.1) is 0 Å². The SMILES string of the molecule is CC1=C(C(=O)OCC(C)C)[C@@H](c2ccco2)NC(=O)N1. The number of carbonyl (C=O) groups is 2. The van der Waals surface area contributed by atoms with Crippen LogP contribution in [0.1, 0.15) is 32.6 Å². The summed E-state index contributed by atoms with van der Waals surface area (Å²) < 4.78 is 10.5. The van der Waals surface area contributed by atoms with E-state index in [4.69, 9.17) is 9.15 Å². The van der Waals surface area contributed by atoms with Crippen molar-refractivity contribution < 1.29 is 18.7 Å². The van der Waals surface area contributed by atoms with E-state index in [0.29, 0.717) is 23.6 Å². The van der Waals surface area contributed by atoms with Crippen LogP contribution >= 0.6 is 0 Å². The first-order valence-corrected chi connectivity index (χ1v) is 6.48. The Balaban J connectivity index is 2.27. The largest absolute Gasteiger partial charge is 0.467 e. The first kappa shape index (κ1) is 14.2. The van der Waals surface area contributed by atoms with E-state index < -0.39 is 12.0 Å². The van der Waals surface area contributed by atoms with Gasteiger partial charge in [-0.1, -0.05) is 13.8 Å². The van der Waals surface area contributed by atoms with Crippen molar-refractivity contribution >= 4 is 12.0 Å². The number of esters is 1. The van der Waals surface area contributed by atoms with E-state index in [9.17, 15) is 9.59 Å². The van der Waals surface area contributed by atoms with Gasteiger partial charge in [-0.25, -0.2) is 9.59 Å². The monoisotopic (exact) mass is 278 g/mol. The van der Waals surface area contributed by atoms with Gasteiger partial charge < -0.3 is 19.8 Å². The second kappa shape index (κ2) is 5.81. The summed E-state index contributed by atoms with van der Waals surface area (Å²) in [5.41, 5.74) is 0.837. The summed E-state index contributed by atoms with van der Waals surface area (Å²) in [5, 5.41) is 5.24. The van der Waals surface area contributed by atoms with Crippen LogP contribution in [-0.2, 0) is 9.53 Å². The number of rotatable bonds is 4. The number of hydrogen-bond donors (Lipinski definition) is 2. The van der Waals surface area contributed by atoms with Gasteiger partial charge in [0.25, 0.3) is 0 Å². The molecule has 0 aliphatic carbocycles. The zero-order chi connectivity index (χ0) is 14.7. The van der Waals surface area contributed by atoms with Gasteiger partial charge in [0.2, 0.25) is 0 Å². The third-order valence-corrected chi connectivity index (χ3v) is 2.86. The normalized spacial score (nSPS) is 18.8. The number of hydrogen-bond acceptors (Lipinski definition) is 4. The lowest BCUT2D eigenvalue weighted by molar-refractivity contribution is -0.140. The third kappa shape index (κ3) is 3.01. The molecule has 0 radical (unpaired) electrons. The standard InChI is InChI=1S/C14H18N2O4/c1-8(2)7-20-13(17)11-9(3)15-14(18)16-12(11)10-5-4-6-19-10/h4-6,8,12H,7H2,1-3H3,(H2,15,16,18)/t12-/m1/s1. The minimum Gasteiger partial charge on any atom is -0.467 e. The predicted molar refractivity (Wildman–Crippen MR) is 71.6 cm³/mol. The van der Waals surface area contributed by atoms with E-state index in [2.05, 4.69) is 10.6 Å². The van der Waals surface area contributed by atoms with Crippen LogP contribution in [0.2, 0.25) is 0 Å². The lowest BCUT2D eigenvalue weighted by atomic mass is 10.0. The number of allylic oxidation sites excluding steroid dienone is 1. The Kier molecular flexibility index (Phi) is 4.12. The zero-order valence-corrected chi connectivity index (χ0v) is 11.7. The summed E-state index contributed by atoms with van der Waals surface area (Å²) in [6.07, 6.45) is 1.50. The topological polar surface area (TPSA) is 80.6 Å². The maximum absolute atomic E-state index is 12.2. The highest BCUT2D eigenvalue weighted by atomic mass is 16.5.